The molecule has 0 aliphatic rings. The van der Waals surface area contributed by atoms with Crippen molar-refractivity contribution in [1.29, 1.82) is 0 Å². The van der Waals surface area contributed by atoms with Gasteiger partial charge in [-0.25, -0.2) is 0 Å². The minimum Gasteiger partial charge on any atom is -0.465 e. The molecule has 0 fully saturated rings. The summed E-state index contributed by atoms with van der Waals surface area (Å²) >= 11 is 0. The van der Waals surface area contributed by atoms with E-state index in [4.69, 9.17) is 18.9 Å². The molecule has 0 heterocycles. The second-order valence-electron chi connectivity index (χ2n) is 4.08. The summed E-state index contributed by atoms with van der Waals surface area (Å²) in [6, 6.07) is 7.14. The van der Waals surface area contributed by atoms with Crippen LogP contribution in [0, 0.1) is 0 Å². The van der Waals surface area contributed by atoms with E-state index in [1.165, 1.54) is 25.0 Å². The Kier molecular flexibility index (Phi) is 4.88. The van der Waals surface area contributed by atoms with Gasteiger partial charge in [0.05, 0.1) is 25.0 Å². The molecule has 0 bridgehead atoms. The molecule has 22 heavy (non-hydrogen) atoms. The van der Waals surface area contributed by atoms with Crippen molar-refractivity contribution in [3.05, 3.63) is 75.6 Å². The fourth-order valence-corrected chi connectivity index (χ4v) is 2.03. The highest BCUT2D eigenvalue weighted by atomic mass is 16.5. The van der Waals surface area contributed by atoms with E-state index in [1.54, 1.807) is 18.2 Å². The number of benzene rings is 2. The maximum Gasteiger partial charge on any atom is 0.169 e. The van der Waals surface area contributed by atoms with Gasteiger partial charge in [-0.3, -0.25) is 0 Å². The summed E-state index contributed by atoms with van der Waals surface area (Å²) in [5.74, 6) is 2.15. The Balaban J connectivity index is 2.70. The van der Waals surface area contributed by atoms with Gasteiger partial charge in [-0.2, -0.15) is 0 Å². The molecule has 0 spiro atoms. The van der Waals surface area contributed by atoms with Crippen LogP contribution in [-0.4, -0.2) is 0 Å². The number of fused-ring (bicyclic) bond motifs is 1. The number of rotatable bonds is 8. The maximum absolute atomic E-state index is 5.45. The molecule has 0 N–H and O–H groups in total. The first kappa shape index (κ1) is 15.3. The average molecular weight is 296 g/mol. The zero-order valence-corrected chi connectivity index (χ0v) is 12.1. The lowest BCUT2D eigenvalue weighted by atomic mass is 10.1. The first-order valence-electron chi connectivity index (χ1n) is 6.45. The molecule has 0 aliphatic heterocycles. The van der Waals surface area contributed by atoms with Gasteiger partial charge in [-0.15, -0.1) is 0 Å². The predicted octanol–water partition coefficient (Wildman–Crippen LogP) is 4.93. The normalized spacial score (nSPS) is 9.64. The lowest BCUT2D eigenvalue weighted by Gasteiger charge is -2.13. The van der Waals surface area contributed by atoms with Gasteiger partial charge in [0.15, 0.2) is 11.5 Å². The van der Waals surface area contributed by atoms with Crippen molar-refractivity contribution in [3.8, 4) is 23.0 Å². The molecule has 2 aromatic rings. The average Bonchev–Trinajstić information content (AvgIpc) is 2.49. The molecule has 0 radical (unpaired) electrons. The van der Waals surface area contributed by atoms with Crippen molar-refractivity contribution in [2.45, 2.75) is 0 Å². The maximum atomic E-state index is 5.45. The van der Waals surface area contributed by atoms with Gasteiger partial charge in [-0.1, -0.05) is 26.3 Å². The fourth-order valence-electron chi connectivity index (χ4n) is 2.03. The molecule has 0 saturated heterocycles. The molecular weight excluding hydrogens is 280 g/mol. The third-order valence-electron chi connectivity index (χ3n) is 2.80. The van der Waals surface area contributed by atoms with Gasteiger partial charge in [0.1, 0.15) is 11.5 Å². The van der Waals surface area contributed by atoms with Gasteiger partial charge in [0.25, 0.3) is 0 Å². The molecule has 0 unspecified atom stereocenters. The van der Waals surface area contributed by atoms with E-state index in [9.17, 15) is 0 Å². The summed E-state index contributed by atoms with van der Waals surface area (Å²) in [4.78, 5) is 0. The second kappa shape index (κ2) is 7.04. The van der Waals surface area contributed by atoms with E-state index in [0.29, 0.717) is 23.0 Å². The van der Waals surface area contributed by atoms with Crippen LogP contribution in [0.5, 0.6) is 23.0 Å². The summed E-state index contributed by atoms with van der Waals surface area (Å²) in [6.07, 6.45) is 5.33. The molecule has 4 nitrogen and oxygen atoms in total. The Labute approximate surface area is 129 Å². The predicted molar refractivity (Wildman–Crippen MR) is 87.2 cm³/mol. The SMILES string of the molecule is C=COc1cc(OC=C)c2cc(OC=C)c(OC=C)cc2c1. The van der Waals surface area contributed by atoms with Crippen LogP contribution in [0.2, 0.25) is 0 Å². The highest BCUT2D eigenvalue weighted by Crippen LogP contribution is 2.39. The van der Waals surface area contributed by atoms with E-state index < -0.39 is 0 Å². The Morgan fingerprint density at radius 2 is 1.14 bits per heavy atom. The van der Waals surface area contributed by atoms with Crippen LogP contribution < -0.4 is 18.9 Å². The highest BCUT2D eigenvalue weighted by molar-refractivity contribution is 5.92. The zero-order valence-electron chi connectivity index (χ0n) is 12.1. The van der Waals surface area contributed by atoms with Crippen molar-refractivity contribution >= 4 is 10.8 Å². The van der Waals surface area contributed by atoms with Crippen LogP contribution in [0.4, 0.5) is 0 Å². The summed E-state index contributed by atoms with van der Waals surface area (Å²) in [7, 11) is 0. The number of hydrogen-bond donors (Lipinski definition) is 0. The molecule has 0 atom stereocenters. The third kappa shape index (κ3) is 3.12. The summed E-state index contributed by atoms with van der Waals surface area (Å²) in [6.45, 7) is 14.2. The standard InChI is InChI=1S/C18H16O4/c1-5-19-14-9-13-10-17(21-7-3)18(22-8-4)12-15(13)16(11-14)20-6-2/h5-12H,1-4H2. The van der Waals surface area contributed by atoms with Crippen LogP contribution in [0.3, 0.4) is 0 Å². The van der Waals surface area contributed by atoms with E-state index in [1.807, 2.05) is 6.07 Å². The second-order valence-corrected chi connectivity index (χ2v) is 4.08. The molecule has 0 saturated carbocycles. The Hall–Kier alpha value is -3.14. The van der Waals surface area contributed by atoms with Crippen LogP contribution in [0.15, 0.2) is 75.6 Å². The van der Waals surface area contributed by atoms with Gasteiger partial charge in [0, 0.05) is 11.5 Å². The van der Waals surface area contributed by atoms with Gasteiger partial charge < -0.3 is 18.9 Å². The van der Waals surface area contributed by atoms with Crippen molar-refractivity contribution in [2.24, 2.45) is 0 Å². The monoisotopic (exact) mass is 296 g/mol. The van der Waals surface area contributed by atoms with Crippen molar-refractivity contribution in [2.75, 3.05) is 0 Å². The summed E-state index contributed by atoms with van der Waals surface area (Å²) < 4.78 is 21.5. The van der Waals surface area contributed by atoms with Crippen molar-refractivity contribution in [1.82, 2.24) is 0 Å². The number of ether oxygens (including phenoxy) is 4. The van der Waals surface area contributed by atoms with Crippen molar-refractivity contribution in [3.63, 3.8) is 0 Å². The Morgan fingerprint density at radius 3 is 1.73 bits per heavy atom. The van der Waals surface area contributed by atoms with Crippen LogP contribution >= 0.6 is 0 Å². The molecule has 2 aromatic carbocycles. The van der Waals surface area contributed by atoms with E-state index in [0.717, 1.165) is 10.8 Å². The smallest absolute Gasteiger partial charge is 0.169 e. The minimum absolute atomic E-state index is 0.494. The first-order chi connectivity index (χ1) is 10.7. The van der Waals surface area contributed by atoms with E-state index >= 15 is 0 Å². The van der Waals surface area contributed by atoms with Gasteiger partial charge in [0.2, 0.25) is 0 Å². The van der Waals surface area contributed by atoms with Crippen molar-refractivity contribution < 1.29 is 18.9 Å². The van der Waals surface area contributed by atoms with Gasteiger partial charge in [-0.05, 0) is 23.6 Å². The number of hydrogen-bond acceptors (Lipinski definition) is 4. The van der Waals surface area contributed by atoms with E-state index in [2.05, 4.69) is 26.3 Å². The zero-order chi connectivity index (χ0) is 15.9. The van der Waals surface area contributed by atoms with Crippen LogP contribution in [0.1, 0.15) is 0 Å². The molecule has 0 aliphatic carbocycles. The Bertz CT molecular complexity index is 731. The molecule has 0 aromatic heterocycles. The Morgan fingerprint density at radius 1 is 0.591 bits per heavy atom. The third-order valence-corrected chi connectivity index (χ3v) is 2.80. The van der Waals surface area contributed by atoms with E-state index in [-0.39, 0.29) is 0 Å². The van der Waals surface area contributed by atoms with Crippen LogP contribution in [0.25, 0.3) is 10.8 Å². The first-order valence-corrected chi connectivity index (χ1v) is 6.45. The largest absolute Gasteiger partial charge is 0.465 e. The topological polar surface area (TPSA) is 36.9 Å². The minimum atomic E-state index is 0.494. The lowest BCUT2D eigenvalue weighted by molar-refractivity contribution is 0.419. The molecule has 112 valence electrons. The molecular formula is C18H16O4. The summed E-state index contributed by atoms with van der Waals surface area (Å²) in [5.41, 5.74) is 0. The lowest BCUT2D eigenvalue weighted by Crippen LogP contribution is -1.92. The van der Waals surface area contributed by atoms with Crippen LogP contribution in [-0.2, 0) is 0 Å². The molecule has 2 rings (SSSR count). The molecule has 0 amide bonds. The quantitative estimate of drug-likeness (QED) is 0.647. The molecule has 4 heteroatoms. The highest BCUT2D eigenvalue weighted by Gasteiger charge is 2.12. The van der Waals surface area contributed by atoms with Gasteiger partial charge >= 0.3 is 0 Å². The fraction of sp³-hybridized carbons (Fsp3) is 0. The summed E-state index contributed by atoms with van der Waals surface area (Å²) in [5, 5.41) is 1.65.